The Morgan fingerprint density at radius 1 is 1.19 bits per heavy atom. The Balaban J connectivity index is 2.14. The van der Waals surface area contributed by atoms with E-state index in [1.165, 1.54) is 7.11 Å². The first-order valence-electron chi connectivity index (χ1n) is 8.21. The summed E-state index contributed by atoms with van der Waals surface area (Å²) in [5.74, 6) is -0.816. The Morgan fingerprint density at radius 2 is 1.93 bits per heavy atom. The minimum absolute atomic E-state index is 0.261. The number of carbonyl (C=O) groups excluding carboxylic acids is 2. The fourth-order valence-electron chi connectivity index (χ4n) is 3.00. The molecule has 1 amide bonds. The number of rotatable bonds is 4. The lowest BCUT2D eigenvalue weighted by Gasteiger charge is -2.18. The van der Waals surface area contributed by atoms with Crippen LogP contribution < -0.4 is 4.90 Å². The maximum Gasteiger partial charge on any atom is 0.340 e. The van der Waals surface area contributed by atoms with E-state index in [-0.39, 0.29) is 17.1 Å². The second kappa shape index (κ2) is 8.03. The van der Waals surface area contributed by atoms with Gasteiger partial charge in [0.25, 0.3) is 5.91 Å². The van der Waals surface area contributed by atoms with Gasteiger partial charge in [-0.1, -0.05) is 29.8 Å². The second-order valence-electron chi connectivity index (χ2n) is 5.91. The van der Waals surface area contributed by atoms with Gasteiger partial charge in [-0.15, -0.1) is 11.8 Å². The number of esters is 1. The number of allylic oxidation sites excluding steroid dienone is 1. The van der Waals surface area contributed by atoms with Gasteiger partial charge in [0.15, 0.2) is 0 Å². The molecule has 0 unspecified atom stereocenters. The molecule has 138 valence electrons. The highest BCUT2D eigenvalue weighted by Crippen LogP contribution is 2.36. The first-order chi connectivity index (χ1) is 13.0. The molecule has 0 aliphatic carbocycles. The number of ether oxygens (including phenoxy) is 1. The minimum atomic E-state index is -0.544. The highest BCUT2D eigenvalue weighted by atomic mass is 35.5. The van der Waals surface area contributed by atoms with Crippen molar-refractivity contribution in [1.82, 2.24) is 0 Å². The van der Waals surface area contributed by atoms with Crippen LogP contribution in [-0.2, 0) is 14.3 Å². The molecule has 6 heteroatoms. The molecule has 2 aromatic rings. The molecule has 4 nitrogen and oxygen atoms in total. The van der Waals surface area contributed by atoms with Crippen molar-refractivity contribution in [1.29, 1.82) is 0 Å². The predicted molar refractivity (Wildman–Crippen MR) is 110 cm³/mol. The van der Waals surface area contributed by atoms with E-state index in [4.69, 9.17) is 16.3 Å². The van der Waals surface area contributed by atoms with Crippen LogP contribution in [0.25, 0.3) is 6.08 Å². The highest BCUT2D eigenvalue weighted by molar-refractivity contribution is 7.98. The lowest BCUT2D eigenvalue weighted by molar-refractivity contribution is -0.136. The Morgan fingerprint density at radius 3 is 2.59 bits per heavy atom. The predicted octanol–water partition coefficient (Wildman–Crippen LogP) is 4.94. The van der Waals surface area contributed by atoms with Crippen LogP contribution in [0.2, 0.25) is 5.02 Å². The van der Waals surface area contributed by atoms with Crippen LogP contribution in [0.1, 0.15) is 12.5 Å². The summed E-state index contributed by atoms with van der Waals surface area (Å²) < 4.78 is 4.93. The van der Waals surface area contributed by atoms with Gasteiger partial charge in [0, 0.05) is 15.6 Å². The normalized spacial score (nSPS) is 15.6. The second-order valence-corrected chi connectivity index (χ2v) is 7.22. The summed E-state index contributed by atoms with van der Waals surface area (Å²) in [6, 6.07) is 14.7. The van der Waals surface area contributed by atoms with Crippen molar-refractivity contribution in [3.05, 3.63) is 76.0 Å². The molecule has 0 N–H and O–H groups in total. The average molecular weight is 400 g/mol. The van der Waals surface area contributed by atoms with E-state index in [0.717, 1.165) is 10.5 Å². The highest BCUT2D eigenvalue weighted by Gasteiger charge is 2.37. The maximum absolute atomic E-state index is 13.2. The number of carbonyl (C=O) groups is 2. The first-order valence-corrected chi connectivity index (χ1v) is 9.82. The van der Waals surface area contributed by atoms with E-state index in [1.54, 1.807) is 47.9 Å². The molecule has 0 fully saturated rings. The minimum Gasteiger partial charge on any atom is -0.465 e. The molecule has 0 saturated carbocycles. The fraction of sp³-hybridized carbons (Fsp3) is 0.143. The van der Waals surface area contributed by atoms with E-state index in [0.29, 0.717) is 16.4 Å². The van der Waals surface area contributed by atoms with E-state index in [2.05, 4.69) is 0 Å². The van der Waals surface area contributed by atoms with Crippen molar-refractivity contribution in [2.45, 2.75) is 11.8 Å². The molecular formula is C21H18ClNO3S. The molecule has 0 bridgehead atoms. The molecule has 2 aromatic carbocycles. The number of methoxy groups -OCH3 is 1. The van der Waals surface area contributed by atoms with Crippen molar-refractivity contribution in [2.24, 2.45) is 0 Å². The van der Waals surface area contributed by atoms with Gasteiger partial charge >= 0.3 is 5.97 Å². The van der Waals surface area contributed by atoms with Gasteiger partial charge in [0.1, 0.15) is 0 Å². The molecule has 0 saturated heterocycles. The first kappa shape index (κ1) is 19.3. The van der Waals surface area contributed by atoms with E-state index in [1.807, 2.05) is 36.6 Å². The Kier molecular flexibility index (Phi) is 5.73. The molecular weight excluding hydrogens is 382 g/mol. The topological polar surface area (TPSA) is 46.6 Å². The van der Waals surface area contributed by atoms with Crippen molar-refractivity contribution in [3.8, 4) is 0 Å². The summed E-state index contributed by atoms with van der Waals surface area (Å²) >= 11 is 7.63. The third-order valence-corrected chi connectivity index (χ3v) is 5.22. The molecule has 0 spiro atoms. The van der Waals surface area contributed by atoms with Gasteiger partial charge in [-0.25, -0.2) is 4.79 Å². The summed E-state index contributed by atoms with van der Waals surface area (Å²) in [5, 5.41) is 0.555. The number of amides is 1. The van der Waals surface area contributed by atoms with E-state index in [9.17, 15) is 9.59 Å². The largest absolute Gasteiger partial charge is 0.465 e. The number of hydrogen-bond acceptors (Lipinski definition) is 4. The Labute approximate surface area is 167 Å². The standard InChI is InChI=1S/C21H18ClNO3S/c1-13-19(21(25)26-2)18(11-14-6-4-7-15(22)10-14)20(24)23(13)16-8-5-9-17(12-16)27-3/h4-12H,1-3H3/b18-11-. The van der Waals surface area contributed by atoms with Crippen LogP contribution in [0.5, 0.6) is 0 Å². The van der Waals surface area contributed by atoms with Crippen LogP contribution in [0.3, 0.4) is 0 Å². The number of thioether (sulfide) groups is 1. The van der Waals surface area contributed by atoms with Crippen molar-refractivity contribution in [2.75, 3.05) is 18.3 Å². The van der Waals surface area contributed by atoms with Crippen molar-refractivity contribution in [3.63, 3.8) is 0 Å². The molecule has 1 aliphatic heterocycles. The van der Waals surface area contributed by atoms with Crippen molar-refractivity contribution < 1.29 is 14.3 Å². The monoisotopic (exact) mass is 399 g/mol. The van der Waals surface area contributed by atoms with Gasteiger partial charge in [-0.3, -0.25) is 9.69 Å². The quantitative estimate of drug-likeness (QED) is 0.415. The molecule has 0 radical (unpaired) electrons. The summed E-state index contributed by atoms with van der Waals surface area (Å²) in [6.45, 7) is 1.74. The van der Waals surface area contributed by atoms with Crippen molar-refractivity contribution >= 4 is 47.0 Å². The SMILES string of the molecule is COC(=O)C1=C(C)N(c2cccc(SC)c2)C(=O)/C1=C\c1cccc(Cl)c1. The summed E-state index contributed by atoms with van der Waals surface area (Å²) in [7, 11) is 1.31. The third kappa shape index (κ3) is 3.80. The van der Waals surface area contributed by atoms with Crippen LogP contribution in [0, 0.1) is 0 Å². The Bertz CT molecular complexity index is 981. The zero-order valence-corrected chi connectivity index (χ0v) is 16.7. The molecule has 27 heavy (non-hydrogen) atoms. The van der Waals surface area contributed by atoms with Crippen LogP contribution in [-0.4, -0.2) is 25.2 Å². The van der Waals surface area contributed by atoms with E-state index < -0.39 is 5.97 Å². The summed E-state index contributed by atoms with van der Waals surface area (Å²) in [5.41, 5.74) is 2.53. The molecule has 1 heterocycles. The number of benzene rings is 2. The number of halogens is 1. The van der Waals surface area contributed by atoms with Crippen LogP contribution in [0.15, 0.2) is 70.3 Å². The van der Waals surface area contributed by atoms with Gasteiger partial charge < -0.3 is 4.74 Å². The van der Waals surface area contributed by atoms with Crippen LogP contribution in [0.4, 0.5) is 5.69 Å². The van der Waals surface area contributed by atoms with Gasteiger partial charge in [0.05, 0.1) is 23.9 Å². The molecule has 3 rings (SSSR count). The summed E-state index contributed by atoms with van der Waals surface area (Å²) in [6.07, 6.45) is 3.64. The molecule has 1 aliphatic rings. The maximum atomic E-state index is 13.2. The molecule has 0 aromatic heterocycles. The number of hydrogen-bond donors (Lipinski definition) is 0. The summed E-state index contributed by atoms with van der Waals surface area (Å²) in [4.78, 5) is 28.2. The average Bonchev–Trinajstić information content (AvgIpc) is 2.91. The van der Waals surface area contributed by atoms with Gasteiger partial charge in [-0.2, -0.15) is 0 Å². The smallest absolute Gasteiger partial charge is 0.340 e. The number of nitrogens with zero attached hydrogens (tertiary/aromatic N) is 1. The van der Waals surface area contributed by atoms with Gasteiger partial charge in [-0.05, 0) is 55.2 Å². The third-order valence-electron chi connectivity index (χ3n) is 4.26. The molecule has 0 atom stereocenters. The zero-order valence-electron chi connectivity index (χ0n) is 15.2. The lowest BCUT2D eigenvalue weighted by atomic mass is 10.0. The lowest BCUT2D eigenvalue weighted by Crippen LogP contribution is -2.24. The van der Waals surface area contributed by atoms with E-state index >= 15 is 0 Å². The zero-order chi connectivity index (χ0) is 19.6. The fourth-order valence-corrected chi connectivity index (χ4v) is 3.66. The number of anilines is 1. The Hall–Kier alpha value is -2.50. The van der Waals surface area contributed by atoms with Crippen LogP contribution >= 0.6 is 23.4 Å². The van der Waals surface area contributed by atoms with Gasteiger partial charge in [0.2, 0.25) is 0 Å².